The number of carbonyl (C=O) groups excluding carboxylic acids is 2. The number of likely N-dealkylation sites (N-methyl/N-ethyl adjacent to an activating group) is 1. The highest BCUT2D eigenvalue weighted by atomic mass is 16.2. The van der Waals surface area contributed by atoms with Crippen LogP contribution in [-0.4, -0.2) is 34.7 Å². The number of hydrogen-bond acceptors (Lipinski definition) is 2. The lowest BCUT2D eigenvalue weighted by atomic mass is 9.94. The molecule has 0 saturated heterocycles. The molecule has 1 fully saturated rings. The first-order valence-electron chi connectivity index (χ1n) is 6.58. The minimum absolute atomic E-state index is 0.0844. The van der Waals surface area contributed by atoms with Gasteiger partial charge >= 0.3 is 0 Å². The Morgan fingerprint density at radius 3 is 2.83 bits per heavy atom. The monoisotopic (exact) mass is 248 g/mol. The van der Waals surface area contributed by atoms with Crippen molar-refractivity contribution in [2.45, 2.75) is 44.7 Å². The Kier molecular flexibility index (Phi) is 4.18. The summed E-state index contributed by atoms with van der Waals surface area (Å²) in [6.45, 7) is 0.258. The van der Waals surface area contributed by atoms with Gasteiger partial charge < -0.3 is 9.47 Å². The lowest BCUT2D eigenvalue weighted by molar-refractivity contribution is -0.133. The van der Waals surface area contributed by atoms with E-state index in [0.717, 1.165) is 19.1 Å². The maximum atomic E-state index is 12.2. The lowest BCUT2D eigenvalue weighted by Gasteiger charge is -2.31. The molecule has 4 heteroatoms. The molecule has 0 atom stereocenters. The maximum absolute atomic E-state index is 12.2. The molecule has 1 aliphatic carbocycles. The van der Waals surface area contributed by atoms with Gasteiger partial charge in [0.25, 0.3) is 0 Å². The minimum atomic E-state index is 0.0844. The van der Waals surface area contributed by atoms with Gasteiger partial charge in [0.05, 0.1) is 5.69 Å². The van der Waals surface area contributed by atoms with Crippen LogP contribution in [-0.2, 0) is 11.3 Å². The summed E-state index contributed by atoms with van der Waals surface area (Å²) in [6, 6.07) is 3.89. The van der Waals surface area contributed by atoms with Crippen LogP contribution >= 0.6 is 0 Å². The van der Waals surface area contributed by atoms with Crippen molar-refractivity contribution >= 4 is 12.2 Å². The lowest BCUT2D eigenvalue weighted by Crippen LogP contribution is -2.40. The molecule has 98 valence electrons. The molecule has 4 nitrogen and oxygen atoms in total. The Balaban J connectivity index is 1.96. The largest absolute Gasteiger partial charge is 0.341 e. The molecule has 1 heterocycles. The van der Waals surface area contributed by atoms with E-state index in [-0.39, 0.29) is 12.5 Å². The van der Waals surface area contributed by atoms with Crippen LogP contribution in [0.4, 0.5) is 0 Å². The van der Waals surface area contributed by atoms with Crippen molar-refractivity contribution in [3.05, 3.63) is 24.0 Å². The molecular formula is C14H20N2O2. The number of aromatic nitrogens is 1. The van der Waals surface area contributed by atoms with Crippen molar-refractivity contribution in [2.24, 2.45) is 0 Å². The molecule has 2 rings (SSSR count). The second-order valence-electron chi connectivity index (χ2n) is 4.98. The summed E-state index contributed by atoms with van der Waals surface area (Å²) in [5.74, 6) is 0.0844. The number of hydrogen-bond donors (Lipinski definition) is 0. The van der Waals surface area contributed by atoms with Gasteiger partial charge in [-0.1, -0.05) is 19.3 Å². The Morgan fingerprint density at radius 1 is 1.44 bits per heavy atom. The van der Waals surface area contributed by atoms with Crippen LogP contribution in [0.5, 0.6) is 0 Å². The molecule has 1 aromatic rings. The number of rotatable bonds is 4. The number of nitrogens with zero attached hydrogens (tertiary/aromatic N) is 2. The van der Waals surface area contributed by atoms with E-state index in [1.54, 1.807) is 22.9 Å². The zero-order chi connectivity index (χ0) is 13.0. The van der Waals surface area contributed by atoms with Crippen LogP contribution in [0.3, 0.4) is 0 Å². The fourth-order valence-corrected chi connectivity index (χ4v) is 2.61. The topological polar surface area (TPSA) is 42.3 Å². The fourth-order valence-electron chi connectivity index (χ4n) is 2.61. The van der Waals surface area contributed by atoms with Gasteiger partial charge in [-0.05, 0) is 25.0 Å². The SMILES string of the molecule is CN(C(=O)Cn1cccc1C=O)C1CCCCC1. The van der Waals surface area contributed by atoms with Gasteiger partial charge in [0.15, 0.2) is 6.29 Å². The molecule has 1 aromatic heterocycles. The molecule has 0 spiro atoms. The van der Waals surface area contributed by atoms with E-state index >= 15 is 0 Å². The van der Waals surface area contributed by atoms with E-state index in [2.05, 4.69) is 0 Å². The summed E-state index contributed by atoms with van der Waals surface area (Å²) in [7, 11) is 1.88. The van der Waals surface area contributed by atoms with Crippen LogP contribution in [0.15, 0.2) is 18.3 Å². The Hall–Kier alpha value is -1.58. The smallest absolute Gasteiger partial charge is 0.242 e. The first kappa shape index (κ1) is 12.9. The van der Waals surface area contributed by atoms with Gasteiger partial charge in [0.2, 0.25) is 5.91 Å². The number of carbonyl (C=O) groups is 2. The summed E-state index contributed by atoms with van der Waals surface area (Å²) in [5, 5.41) is 0. The highest BCUT2D eigenvalue weighted by molar-refractivity contribution is 5.78. The van der Waals surface area contributed by atoms with Crippen LogP contribution in [0, 0.1) is 0 Å². The highest BCUT2D eigenvalue weighted by Gasteiger charge is 2.22. The van der Waals surface area contributed by atoms with Crippen LogP contribution < -0.4 is 0 Å². The quantitative estimate of drug-likeness (QED) is 0.766. The molecule has 0 radical (unpaired) electrons. The minimum Gasteiger partial charge on any atom is -0.341 e. The van der Waals surface area contributed by atoms with Gasteiger partial charge in [-0.15, -0.1) is 0 Å². The number of aldehydes is 1. The zero-order valence-corrected chi connectivity index (χ0v) is 10.8. The first-order chi connectivity index (χ1) is 8.72. The van der Waals surface area contributed by atoms with Crippen LogP contribution in [0.1, 0.15) is 42.6 Å². The summed E-state index contributed by atoms with van der Waals surface area (Å²) in [5.41, 5.74) is 0.556. The molecule has 0 aromatic carbocycles. The standard InChI is InChI=1S/C14H20N2O2/c1-15(12-6-3-2-4-7-12)14(18)10-16-9-5-8-13(16)11-17/h5,8-9,11-12H,2-4,6-7,10H2,1H3. The van der Waals surface area contributed by atoms with Crippen molar-refractivity contribution in [2.75, 3.05) is 7.05 Å². The van der Waals surface area contributed by atoms with Crippen molar-refractivity contribution in [3.63, 3.8) is 0 Å². The van der Waals surface area contributed by atoms with Crippen molar-refractivity contribution < 1.29 is 9.59 Å². The summed E-state index contributed by atoms with van der Waals surface area (Å²) in [4.78, 5) is 24.8. The molecule has 18 heavy (non-hydrogen) atoms. The third kappa shape index (κ3) is 2.81. The number of amides is 1. The molecule has 0 aliphatic heterocycles. The second kappa shape index (κ2) is 5.85. The van der Waals surface area contributed by atoms with E-state index in [9.17, 15) is 9.59 Å². The maximum Gasteiger partial charge on any atom is 0.242 e. The normalized spacial score (nSPS) is 16.5. The van der Waals surface area contributed by atoms with Gasteiger partial charge in [0, 0.05) is 19.3 Å². The molecule has 0 unspecified atom stereocenters. The Labute approximate surface area is 108 Å². The third-order valence-corrected chi connectivity index (χ3v) is 3.81. The summed E-state index contributed by atoms with van der Waals surface area (Å²) >= 11 is 0. The molecule has 1 aliphatic rings. The fraction of sp³-hybridized carbons (Fsp3) is 0.571. The average molecular weight is 248 g/mol. The molecule has 1 amide bonds. The Bertz CT molecular complexity index is 419. The van der Waals surface area contributed by atoms with E-state index < -0.39 is 0 Å². The van der Waals surface area contributed by atoms with Gasteiger partial charge in [0.1, 0.15) is 6.54 Å². The van der Waals surface area contributed by atoms with Crippen LogP contribution in [0.2, 0.25) is 0 Å². The average Bonchev–Trinajstić information content (AvgIpc) is 2.86. The highest BCUT2D eigenvalue weighted by Crippen LogP contribution is 2.21. The van der Waals surface area contributed by atoms with Gasteiger partial charge in [-0.25, -0.2) is 0 Å². The molecule has 1 saturated carbocycles. The van der Waals surface area contributed by atoms with Crippen LogP contribution in [0.25, 0.3) is 0 Å². The first-order valence-corrected chi connectivity index (χ1v) is 6.58. The molecule has 0 N–H and O–H groups in total. The van der Waals surface area contributed by atoms with E-state index in [1.165, 1.54) is 19.3 Å². The van der Waals surface area contributed by atoms with Gasteiger partial charge in [-0.2, -0.15) is 0 Å². The molecular weight excluding hydrogens is 228 g/mol. The summed E-state index contributed by atoms with van der Waals surface area (Å²) in [6.07, 6.45) is 8.48. The van der Waals surface area contributed by atoms with Gasteiger partial charge in [-0.3, -0.25) is 9.59 Å². The van der Waals surface area contributed by atoms with E-state index in [1.807, 2.05) is 11.9 Å². The van der Waals surface area contributed by atoms with E-state index in [4.69, 9.17) is 0 Å². The predicted molar refractivity (Wildman–Crippen MR) is 69.5 cm³/mol. The second-order valence-corrected chi connectivity index (χ2v) is 4.98. The predicted octanol–water partition coefficient (Wildman–Crippen LogP) is 2.09. The zero-order valence-electron chi connectivity index (χ0n) is 10.8. The van der Waals surface area contributed by atoms with Crippen molar-refractivity contribution in [1.82, 2.24) is 9.47 Å². The molecule has 0 bridgehead atoms. The third-order valence-electron chi connectivity index (χ3n) is 3.81. The van der Waals surface area contributed by atoms with Crippen molar-refractivity contribution in [3.8, 4) is 0 Å². The summed E-state index contributed by atoms with van der Waals surface area (Å²) < 4.78 is 1.70. The Morgan fingerprint density at radius 2 is 2.17 bits per heavy atom. The van der Waals surface area contributed by atoms with E-state index in [0.29, 0.717) is 11.7 Å². The van der Waals surface area contributed by atoms with Crippen molar-refractivity contribution in [1.29, 1.82) is 0 Å².